The Balaban J connectivity index is 1.57. The predicted octanol–water partition coefficient (Wildman–Crippen LogP) is 1.56. The third-order valence-electron chi connectivity index (χ3n) is 4.72. The lowest BCUT2D eigenvalue weighted by Gasteiger charge is -2.32. The van der Waals surface area contributed by atoms with E-state index >= 15 is 0 Å². The quantitative estimate of drug-likeness (QED) is 0.819. The van der Waals surface area contributed by atoms with Crippen molar-refractivity contribution in [2.45, 2.75) is 25.4 Å². The molecule has 0 spiro atoms. The third kappa shape index (κ3) is 3.91. The molecule has 6 heteroatoms. The van der Waals surface area contributed by atoms with Gasteiger partial charge in [0, 0.05) is 62.5 Å². The van der Waals surface area contributed by atoms with Crippen LogP contribution in [0.1, 0.15) is 18.4 Å². The summed E-state index contributed by atoms with van der Waals surface area (Å²) in [5.41, 5.74) is 1.24. The molecule has 2 fully saturated rings. The zero-order valence-electron chi connectivity index (χ0n) is 13.7. The van der Waals surface area contributed by atoms with Crippen LogP contribution in [0.15, 0.2) is 12.4 Å². The summed E-state index contributed by atoms with van der Waals surface area (Å²) in [6.07, 6.45) is 8.90. The van der Waals surface area contributed by atoms with Gasteiger partial charge in [0.1, 0.15) is 0 Å². The van der Waals surface area contributed by atoms with Gasteiger partial charge < -0.3 is 9.80 Å². The van der Waals surface area contributed by atoms with Gasteiger partial charge in [-0.3, -0.25) is 4.90 Å². The fraction of sp³-hybridized carbons (Fsp3) is 0.750. The number of likely N-dealkylation sites (N-methyl/N-ethyl adjacent to an activating group) is 1. The van der Waals surface area contributed by atoms with E-state index in [1.165, 1.54) is 30.7 Å². The second-order valence-electron chi connectivity index (χ2n) is 6.40. The number of hydrogen-bond acceptors (Lipinski definition) is 6. The van der Waals surface area contributed by atoms with Gasteiger partial charge in [-0.1, -0.05) is 0 Å². The van der Waals surface area contributed by atoms with Gasteiger partial charge in [0.2, 0.25) is 5.95 Å². The Labute approximate surface area is 138 Å². The second-order valence-corrected chi connectivity index (χ2v) is 7.31. The number of rotatable bonds is 5. The molecule has 0 saturated carbocycles. The number of piperazine rings is 1. The van der Waals surface area contributed by atoms with Gasteiger partial charge in [-0.2, -0.15) is 11.8 Å². The van der Waals surface area contributed by atoms with Crippen LogP contribution in [0, 0.1) is 0 Å². The van der Waals surface area contributed by atoms with E-state index in [0.717, 1.165) is 44.7 Å². The van der Waals surface area contributed by atoms with Crippen molar-refractivity contribution >= 4 is 17.7 Å². The van der Waals surface area contributed by atoms with Crippen LogP contribution in [-0.2, 0) is 6.54 Å². The molecule has 122 valence electrons. The van der Waals surface area contributed by atoms with Gasteiger partial charge in [-0.05, 0) is 32.7 Å². The summed E-state index contributed by atoms with van der Waals surface area (Å²) >= 11 is 1.95. The Bertz CT molecular complexity index is 458. The number of anilines is 1. The van der Waals surface area contributed by atoms with E-state index in [9.17, 15) is 0 Å². The Morgan fingerprint density at radius 2 is 1.86 bits per heavy atom. The topological polar surface area (TPSA) is 35.5 Å². The Hall–Kier alpha value is -0.850. The summed E-state index contributed by atoms with van der Waals surface area (Å²) in [4.78, 5) is 16.4. The zero-order valence-corrected chi connectivity index (χ0v) is 14.6. The standard InChI is InChI=1S/C16H27N5S/c1-19-6-8-20(9-7-19)16-17-10-14(11-18-16)12-21-5-3-4-15(21)13-22-2/h10-11,15H,3-9,12-13H2,1-2H3/t15-/m1/s1. The van der Waals surface area contributed by atoms with Crippen LogP contribution in [0.5, 0.6) is 0 Å². The average Bonchev–Trinajstić information content (AvgIpc) is 2.97. The lowest BCUT2D eigenvalue weighted by atomic mass is 10.2. The van der Waals surface area contributed by atoms with E-state index in [4.69, 9.17) is 0 Å². The average molecular weight is 321 g/mol. The van der Waals surface area contributed by atoms with Crippen LogP contribution in [0.3, 0.4) is 0 Å². The molecule has 5 nitrogen and oxygen atoms in total. The largest absolute Gasteiger partial charge is 0.338 e. The minimum Gasteiger partial charge on any atom is -0.338 e. The third-order valence-corrected chi connectivity index (χ3v) is 5.44. The number of thioether (sulfide) groups is 1. The van der Waals surface area contributed by atoms with Gasteiger partial charge >= 0.3 is 0 Å². The van der Waals surface area contributed by atoms with Crippen molar-refractivity contribution in [3.63, 3.8) is 0 Å². The zero-order chi connectivity index (χ0) is 15.4. The number of hydrogen-bond donors (Lipinski definition) is 0. The fourth-order valence-corrected chi connectivity index (χ4v) is 4.08. The molecule has 22 heavy (non-hydrogen) atoms. The maximum absolute atomic E-state index is 4.60. The highest BCUT2D eigenvalue weighted by molar-refractivity contribution is 7.98. The molecule has 0 aliphatic carbocycles. The highest BCUT2D eigenvalue weighted by atomic mass is 32.2. The van der Waals surface area contributed by atoms with Crippen molar-refractivity contribution in [3.05, 3.63) is 18.0 Å². The molecule has 3 rings (SSSR count). The highest BCUT2D eigenvalue weighted by Crippen LogP contribution is 2.22. The van der Waals surface area contributed by atoms with E-state index in [-0.39, 0.29) is 0 Å². The Kier molecular flexibility index (Phi) is 5.55. The summed E-state index contributed by atoms with van der Waals surface area (Å²) in [5, 5.41) is 0. The van der Waals surface area contributed by atoms with Crippen LogP contribution in [0.25, 0.3) is 0 Å². The van der Waals surface area contributed by atoms with Crippen LogP contribution >= 0.6 is 11.8 Å². The Morgan fingerprint density at radius 3 is 2.55 bits per heavy atom. The molecule has 0 aromatic carbocycles. The first-order valence-electron chi connectivity index (χ1n) is 8.23. The lowest BCUT2D eigenvalue weighted by molar-refractivity contribution is 0.263. The first-order valence-corrected chi connectivity index (χ1v) is 9.63. The smallest absolute Gasteiger partial charge is 0.225 e. The molecular weight excluding hydrogens is 294 g/mol. The van der Waals surface area contributed by atoms with Gasteiger partial charge in [0.05, 0.1) is 0 Å². The number of aromatic nitrogens is 2. The van der Waals surface area contributed by atoms with E-state index < -0.39 is 0 Å². The SMILES string of the molecule is CSC[C@H]1CCCN1Cc1cnc(N2CCN(C)CC2)nc1. The molecule has 0 unspecified atom stereocenters. The van der Waals surface area contributed by atoms with Crippen molar-refractivity contribution in [1.82, 2.24) is 19.8 Å². The van der Waals surface area contributed by atoms with E-state index in [1.54, 1.807) is 0 Å². The van der Waals surface area contributed by atoms with Gasteiger partial charge in [0.25, 0.3) is 0 Å². The number of likely N-dealkylation sites (tertiary alicyclic amines) is 1. The molecule has 1 aromatic heterocycles. The molecule has 2 aliphatic heterocycles. The van der Waals surface area contributed by atoms with E-state index in [2.05, 4.69) is 38.0 Å². The van der Waals surface area contributed by atoms with Crippen molar-refractivity contribution in [2.75, 3.05) is 56.7 Å². The highest BCUT2D eigenvalue weighted by Gasteiger charge is 2.24. The molecule has 2 aliphatic rings. The number of nitrogens with zero attached hydrogens (tertiary/aromatic N) is 5. The van der Waals surface area contributed by atoms with Crippen molar-refractivity contribution < 1.29 is 0 Å². The predicted molar refractivity (Wildman–Crippen MR) is 93.6 cm³/mol. The molecule has 0 radical (unpaired) electrons. The molecule has 1 atom stereocenters. The van der Waals surface area contributed by atoms with Gasteiger partial charge in [-0.25, -0.2) is 9.97 Å². The van der Waals surface area contributed by atoms with Gasteiger partial charge in [-0.15, -0.1) is 0 Å². The van der Waals surface area contributed by atoms with Crippen LogP contribution in [-0.4, -0.2) is 77.6 Å². The second kappa shape index (κ2) is 7.62. The molecular formula is C16H27N5S. The summed E-state index contributed by atoms with van der Waals surface area (Å²) in [5.74, 6) is 2.12. The van der Waals surface area contributed by atoms with Crippen molar-refractivity contribution in [1.29, 1.82) is 0 Å². The molecule has 3 heterocycles. The summed E-state index contributed by atoms with van der Waals surface area (Å²) in [6, 6.07) is 0.729. The monoisotopic (exact) mass is 321 g/mol. The first kappa shape index (κ1) is 16.0. The van der Waals surface area contributed by atoms with Crippen LogP contribution in [0.4, 0.5) is 5.95 Å². The molecule has 1 aromatic rings. The van der Waals surface area contributed by atoms with E-state index in [1.807, 2.05) is 24.2 Å². The minimum absolute atomic E-state index is 0.729. The summed E-state index contributed by atoms with van der Waals surface area (Å²) in [7, 11) is 2.17. The van der Waals surface area contributed by atoms with Crippen molar-refractivity contribution in [3.8, 4) is 0 Å². The lowest BCUT2D eigenvalue weighted by Crippen LogP contribution is -2.45. The molecule has 0 bridgehead atoms. The maximum atomic E-state index is 4.60. The molecule has 0 amide bonds. The summed E-state index contributed by atoms with van der Waals surface area (Å²) in [6.45, 7) is 6.44. The summed E-state index contributed by atoms with van der Waals surface area (Å²) < 4.78 is 0. The van der Waals surface area contributed by atoms with Crippen LogP contribution < -0.4 is 4.90 Å². The van der Waals surface area contributed by atoms with E-state index in [0.29, 0.717) is 0 Å². The van der Waals surface area contributed by atoms with Crippen molar-refractivity contribution in [2.24, 2.45) is 0 Å². The molecule has 0 N–H and O–H groups in total. The Morgan fingerprint density at radius 1 is 1.14 bits per heavy atom. The minimum atomic E-state index is 0.729. The molecule has 2 saturated heterocycles. The normalized spacial score (nSPS) is 24.1. The first-order chi connectivity index (χ1) is 10.8. The van der Waals surface area contributed by atoms with Crippen LogP contribution in [0.2, 0.25) is 0 Å². The maximum Gasteiger partial charge on any atom is 0.225 e. The fourth-order valence-electron chi connectivity index (χ4n) is 3.32. The van der Waals surface area contributed by atoms with Gasteiger partial charge in [0.15, 0.2) is 0 Å².